The summed E-state index contributed by atoms with van der Waals surface area (Å²) in [6.07, 6.45) is -3.44. The highest BCUT2D eigenvalue weighted by molar-refractivity contribution is 14.0. The third kappa shape index (κ3) is 9.80. The maximum absolute atomic E-state index is 12.6. The van der Waals surface area contributed by atoms with Gasteiger partial charge in [-0.15, -0.1) is 24.0 Å². The van der Waals surface area contributed by atoms with E-state index in [9.17, 15) is 13.2 Å². The molecule has 1 unspecified atom stereocenters. The molecule has 10 heteroatoms. The van der Waals surface area contributed by atoms with E-state index in [1.807, 2.05) is 13.0 Å². The van der Waals surface area contributed by atoms with Crippen molar-refractivity contribution in [3.05, 3.63) is 35.9 Å². The van der Waals surface area contributed by atoms with Crippen LogP contribution in [0.1, 0.15) is 18.9 Å². The molecular formula is C22H36F3IN6. The van der Waals surface area contributed by atoms with Crippen LogP contribution in [0.4, 0.5) is 13.2 Å². The Bertz CT molecular complexity index is 680. The molecule has 0 bridgehead atoms. The van der Waals surface area contributed by atoms with Crippen LogP contribution in [0.15, 0.2) is 35.3 Å². The summed E-state index contributed by atoms with van der Waals surface area (Å²) in [6, 6.07) is 10.6. The lowest BCUT2D eigenvalue weighted by Crippen LogP contribution is -2.47. The third-order valence-electron chi connectivity index (χ3n) is 5.76. The standard InChI is InChI=1S/C22H35F3N6.HI/c1-2-26-21(28-20-8-10-31(17-20)18-22(23,24)25)27-9-11-29-12-14-30(15-13-29)16-19-6-4-3-5-7-19;/h3-7,20H,2,8-18H2,1H3,(H2,26,27,28);1H. The molecule has 182 valence electrons. The van der Waals surface area contributed by atoms with Crippen molar-refractivity contribution in [2.75, 3.05) is 65.4 Å². The predicted molar refractivity (Wildman–Crippen MR) is 134 cm³/mol. The summed E-state index contributed by atoms with van der Waals surface area (Å²) in [7, 11) is 0. The molecule has 0 saturated carbocycles. The molecule has 0 radical (unpaired) electrons. The zero-order valence-corrected chi connectivity index (χ0v) is 21.1. The van der Waals surface area contributed by atoms with Crippen molar-refractivity contribution in [3.63, 3.8) is 0 Å². The Morgan fingerprint density at radius 3 is 2.38 bits per heavy atom. The van der Waals surface area contributed by atoms with Crippen LogP contribution < -0.4 is 10.6 Å². The second kappa shape index (κ2) is 13.6. The minimum Gasteiger partial charge on any atom is -0.357 e. The van der Waals surface area contributed by atoms with E-state index in [0.29, 0.717) is 32.0 Å². The van der Waals surface area contributed by atoms with Crippen molar-refractivity contribution >= 4 is 29.9 Å². The fourth-order valence-corrected chi connectivity index (χ4v) is 4.18. The highest BCUT2D eigenvalue weighted by Gasteiger charge is 2.34. The van der Waals surface area contributed by atoms with E-state index in [1.54, 1.807) is 0 Å². The summed E-state index contributed by atoms with van der Waals surface area (Å²) in [6.45, 7) is 9.45. The quantitative estimate of drug-likeness (QED) is 0.287. The maximum Gasteiger partial charge on any atom is 0.401 e. The van der Waals surface area contributed by atoms with Crippen LogP contribution in [-0.2, 0) is 6.54 Å². The molecule has 32 heavy (non-hydrogen) atoms. The van der Waals surface area contributed by atoms with E-state index in [-0.39, 0.29) is 30.0 Å². The lowest BCUT2D eigenvalue weighted by molar-refractivity contribution is -0.143. The molecule has 2 aliphatic heterocycles. The van der Waals surface area contributed by atoms with Crippen molar-refractivity contribution in [2.24, 2.45) is 4.99 Å². The smallest absolute Gasteiger partial charge is 0.357 e. The van der Waals surface area contributed by atoms with Gasteiger partial charge in [-0.3, -0.25) is 19.7 Å². The SMILES string of the molecule is CCNC(=NCCN1CCN(Cc2ccccc2)CC1)NC1CCN(CC(F)(F)F)C1.I. The van der Waals surface area contributed by atoms with E-state index in [1.165, 1.54) is 10.5 Å². The molecule has 0 amide bonds. The van der Waals surface area contributed by atoms with E-state index < -0.39 is 12.7 Å². The fraction of sp³-hybridized carbons (Fsp3) is 0.682. The largest absolute Gasteiger partial charge is 0.401 e. The third-order valence-corrected chi connectivity index (χ3v) is 5.76. The van der Waals surface area contributed by atoms with Crippen LogP contribution >= 0.6 is 24.0 Å². The monoisotopic (exact) mass is 568 g/mol. The van der Waals surface area contributed by atoms with Gasteiger partial charge in [-0.25, -0.2) is 0 Å². The minimum atomic E-state index is -4.14. The van der Waals surface area contributed by atoms with E-state index in [0.717, 1.165) is 45.8 Å². The first-order chi connectivity index (χ1) is 14.9. The number of rotatable bonds is 8. The number of likely N-dealkylation sites (tertiary alicyclic amines) is 1. The molecule has 2 fully saturated rings. The summed E-state index contributed by atoms with van der Waals surface area (Å²) in [4.78, 5) is 11.0. The Hall–Kier alpha value is -1.11. The van der Waals surface area contributed by atoms with E-state index in [2.05, 4.69) is 49.7 Å². The molecule has 1 aromatic rings. The number of hydrogen-bond acceptors (Lipinski definition) is 4. The Kier molecular flexibility index (Phi) is 11.5. The highest BCUT2D eigenvalue weighted by atomic mass is 127. The van der Waals surface area contributed by atoms with Crippen molar-refractivity contribution < 1.29 is 13.2 Å². The summed E-state index contributed by atoms with van der Waals surface area (Å²) in [5, 5.41) is 6.52. The number of alkyl halides is 3. The first kappa shape index (κ1) is 27.1. The Morgan fingerprint density at radius 2 is 1.72 bits per heavy atom. The molecule has 3 rings (SSSR count). The van der Waals surface area contributed by atoms with E-state index in [4.69, 9.17) is 0 Å². The number of nitrogens with zero attached hydrogens (tertiary/aromatic N) is 4. The van der Waals surface area contributed by atoms with Crippen molar-refractivity contribution in [1.82, 2.24) is 25.3 Å². The molecule has 2 heterocycles. The minimum absolute atomic E-state index is 0. The highest BCUT2D eigenvalue weighted by Crippen LogP contribution is 2.19. The molecule has 6 nitrogen and oxygen atoms in total. The topological polar surface area (TPSA) is 46.1 Å². The van der Waals surface area contributed by atoms with Gasteiger partial charge >= 0.3 is 6.18 Å². The number of aliphatic imine (C=N–C) groups is 1. The lowest BCUT2D eigenvalue weighted by Gasteiger charge is -2.34. The van der Waals surface area contributed by atoms with Gasteiger partial charge < -0.3 is 10.6 Å². The number of guanidine groups is 1. The number of piperazine rings is 1. The van der Waals surface area contributed by atoms with Crippen LogP contribution in [0.3, 0.4) is 0 Å². The molecule has 0 spiro atoms. The average molecular weight is 568 g/mol. The van der Waals surface area contributed by atoms with Gasteiger partial charge in [-0.1, -0.05) is 30.3 Å². The fourth-order valence-electron chi connectivity index (χ4n) is 4.18. The van der Waals surface area contributed by atoms with Crippen LogP contribution in [0.2, 0.25) is 0 Å². The van der Waals surface area contributed by atoms with E-state index >= 15 is 0 Å². The van der Waals surface area contributed by atoms with Crippen LogP contribution in [0, 0.1) is 0 Å². The summed E-state index contributed by atoms with van der Waals surface area (Å²) >= 11 is 0. The van der Waals surface area contributed by atoms with Gasteiger partial charge in [-0.05, 0) is 18.9 Å². The predicted octanol–water partition coefficient (Wildman–Crippen LogP) is 2.61. The van der Waals surface area contributed by atoms with Crippen LogP contribution in [-0.4, -0.2) is 98.3 Å². The number of hydrogen-bond donors (Lipinski definition) is 2. The normalized spacial score (nSPS) is 21.4. The Morgan fingerprint density at radius 1 is 1.03 bits per heavy atom. The molecule has 1 aromatic carbocycles. The molecular weight excluding hydrogens is 532 g/mol. The molecule has 0 aromatic heterocycles. The van der Waals surface area contributed by atoms with Crippen molar-refractivity contribution in [3.8, 4) is 0 Å². The van der Waals surface area contributed by atoms with Gasteiger partial charge in [0, 0.05) is 64.9 Å². The Labute approximate surface area is 206 Å². The summed E-state index contributed by atoms with van der Waals surface area (Å²) < 4.78 is 37.8. The first-order valence-corrected chi connectivity index (χ1v) is 11.2. The van der Waals surface area contributed by atoms with Gasteiger partial charge in [0.25, 0.3) is 0 Å². The van der Waals surface area contributed by atoms with Gasteiger partial charge in [0.1, 0.15) is 0 Å². The van der Waals surface area contributed by atoms with Crippen molar-refractivity contribution in [1.29, 1.82) is 0 Å². The number of halogens is 4. The molecule has 2 N–H and O–H groups in total. The molecule has 0 aliphatic carbocycles. The molecule has 1 atom stereocenters. The van der Waals surface area contributed by atoms with Gasteiger partial charge in [0.15, 0.2) is 5.96 Å². The first-order valence-electron chi connectivity index (χ1n) is 11.2. The van der Waals surface area contributed by atoms with Gasteiger partial charge in [0.05, 0.1) is 13.1 Å². The van der Waals surface area contributed by atoms with Crippen LogP contribution in [0.25, 0.3) is 0 Å². The second-order valence-electron chi connectivity index (χ2n) is 8.34. The van der Waals surface area contributed by atoms with Gasteiger partial charge in [-0.2, -0.15) is 13.2 Å². The van der Waals surface area contributed by atoms with Crippen LogP contribution in [0.5, 0.6) is 0 Å². The Balaban J connectivity index is 0.00000363. The van der Waals surface area contributed by atoms with Gasteiger partial charge in [0.2, 0.25) is 0 Å². The maximum atomic E-state index is 12.6. The zero-order valence-electron chi connectivity index (χ0n) is 18.8. The lowest BCUT2D eigenvalue weighted by atomic mass is 10.2. The zero-order chi connectivity index (χ0) is 22.1. The van der Waals surface area contributed by atoms with Crippen molar-refractivity contribution in [2.45, 2.75) is 32.1 Å². The second-order valence-corrected chi connectivity index (χ2v) is 8.34. The average Bonchev–Trinajstić information content (AvgIpc) is 3.15. The summed E-state index contributed by atoms with van der Waals surface area (Å²) in [5.41, 5.74) is 1.35. The summed E-state index contributed by atoms with van der Waals surface area (Å²) in [5.74, 6) is 0.698. The molecule has 2 saturated heterocycles. The molecule has 2 aliphatic rings. The number of nitrogens with one attached hydrogen (secondary N) is 2. The number of benzene rings is 1.